The van der Waals surface area contributed by atoms with Gasteiger partial charge in [-0.2, -0.15) is 5.26 Å². The van der Waals surface area contributed by atoms with Crippen molar-refractivity contribution in [1.29, 1.82) is 5.26 Å². The van der Waals surface area contributed by atoms with E-state index in [9.17, 15) is 14.9 Å². The molecule has 0 unspecified atom stereocenters. The van der Waals surface area contributed by atoms with Crippen molar-refractivity contribution in [3.05, 3.63) is 52.6 Å². The van der Waals surface area contributed by atoms with Gasteiger partial charge in [-0.1, -0.05) is 19.1 Å². The summed E-state index contributed by atoms with van der Waals surface area (Å²) in [6.45, 7) is 5.16. The van der Waals surface area contributed by atoms with Crippen LogP contribution in [0.1, 0.15) is 38.7 Å². The highest BCUT2D eigenvalue weighted by atomic mass is 16.5. The molecule has 1 aromatic carbocycles. The van der Waals surface area contributed by atoms with Crippen LogP contribution in [0, 0.1) is 11.3 Å². The fourth-order valence-electron chi connectivity index (χ4n) is 2.81. The predicted molar refractivity (Wildman–Crippen MR) is 95.3 cm³/mol. The smallest absolute Gasteiger partial charge is 0.338 e. The Morgan fingerprint density at radius 3 is 2.46 bits per heavy atom. The van der Waals surface area contributed by atoms with Gasteiger partial charge in [0.15, 0.2) is 0 Å². The van der Waals surface area contributed by atoms with E-state index >= 15 is 0 Å². The number of anilines is 1. The molecule has 0 saturated heterocycles. The number of nitrogens with zero attached hydrogens (tertiary/aromatic N) is 1. The van der Waals surface area contributed by atoms with Crippen LogP contribution in [0.4, 0.5) is 5.69 Å². The van der Waals surface area contributed by atoms with E-state index in [-0.39, 0.29) is 29.5 Å². The molecule has 1 aromatic rings. The van der Waals surface area contributed by atoms with E-state index in [2.05, 4.69) is 5.32 Å². The van der Waals surface area contributed by atoms with Gasteiger partial charge in [-0.3, -0.25) is 4.79 Å². The SMILES string of the molecule is CCOC(=O)C1=C(CC)OC(N)=C(C#N)[C@H]1c1ccc(NC(C)=O)cc1. The van der Waals surface area contributed by atoms with Crippen molar-refractivity contribution in [3.63, 3.8) is 0 Å². The number of amides is 1. The lowest BCUT2D eigenvalue weighted by Gasteiger charge is -2.27. The first-order valence-electron chi connectivity index (χ1n) is 8.28. The van der Waals surface area contributed by atoms with Crippen molar-refractivity contribution < 1.29 is 19.1 Å². The Hall–Kier alpha value is -3.27. The summed E-state index contributed by atoms with van der Waals surface area (Å²) in [5.74, 6) is -1.05. The minimum absolute atomic E-state index is 0.0201. The fourth-order valence-corrected chi connectivity index (χ4v) is 2.81. The van der Waals surface area contributed by atoms with Gasteiger partial charge in [0.05, 0.1) is 18.1 Å². The molecule has 0 fully saturated rings. The first kappa shape index (κ1) is 19.1. The van der Waals surface area contributed by atoms with E-state index in [1.807, 2.05) is 13.0 Å². The van der Waals surface area contributed by atoms with Crippen LogP contribution in [0.25, 0.3) is 0 Å². The zero-order chi connectivity index (χ0) is 19.3. The molecule has 136 valence electrons. The summed E-state index contributed by atoms with van der Waals surface area (Å²) in [6, 6.07) is 8.91. The van der Waals surface area contributed by atoms with Crippen LogP contribution in [-0.4, -0.2) is 18.5 Å². The van der Waals surface area contributed by atoms with Crippen LogP contribution in [-0.2, 0) is 19.1 Å². The predicted octanol–water partition coefficient (Wildman–Crippen LogP) is 2.68. The Bertz CT molecular complexity index is 816. The molecule has 0 bridgehead atoms. The molecule has 7 nitrogen and oxygen atoms in total. The highest BCUT2D eigenvalue weighted by Crippen LogP contribution is 2.40. The van der Waals surface area contributed by atoms with Gasteiger partial charge in [0.25, 0.3) is 0 Å². The van der Waals surface area contributed by atoms with Crippen molar-refractivity contribution >= 4 is 17.6 Å². The second kappa shape index (κ2) is 8.21. The minimum atomic E-state index is -0.686. The summed E-state index contributed by atoms with van der Waals surface area (Å²) in [5.41, 5.74) is 7.62. The number of carbonyl (C=O) groups excluding carboxylic acids is 2. The van der Waals surface area contributed by atoms with Crippen molar-refractivity contribution in [3.8, 4) is 6.07 Å². The second-order valence-electron chi connectivity index (χ2n) is 5.64. The number of esters is 1. The standard InChI is InChI=1S/C19H21N3O4/c1-4-15-17(19(24)25-5-2)16(14(10-20)18(21)26-15)12-6-8-13(9-7-12)22-11(3)23/h6-9,16H,4-5,21H2,1-3H3,(H,22,23)/t16-/m1/s1. The molecule has 1 amide bonds. The van der Waals surface area contributed by atoms with E-state index < -0.39 is 11.9 Å². The van der Waals surface area contributed by atoms with Crippen molar-refractivity contribution in [1.82, 2.24) is 0 Å². The van der Waals surface area contributed by atoms with Crippen LogP contribution in [0.5, 0.6) is 0 Å². The lowest BCUT2D eigenvalue weighted by molar-refractivity contribution is -0.139. The number of carbonyl (C=O) groups is 2. The van der Waals surface area contributed by atoms with E-state index in [1.54, 1.807) is 31.2 Å². The first-order valence-corrected chi connectivity index (χ1v) is 8.28. The first-order chi connectivity index (χ1) is 12.4. The molecule has 26 heavy (non-hydrogen) atoms. The third-order valence-electron chi connectivity index (χ3n) is 3.88. The fraction of sp³-hybridized carbons (Fsp3) is 0.316. The lowest BCUT2D eigenvalue weighted by Crippen LogP contribution is -2.26. The molecule has 0 aliphatic carbocycles. The van der Waals surface area contributed by atoms with Crippen LogP contribution < -0.4 is 11.1 Å². The van der Waals surface area contributed by atoms with Gasteiger partial charge in [0.2, 0.25) is 11.8 Å². The van der Waals surface area contributed by atoms with Gasteiger partial charge in [-0.25, -0.2) is 4.79 Å². The van der Waals surface area contributed by atoms with Crippen molar-refractivity contribution in [2.75, 3.05) is 11.9 Å². The Kier molecular flexibility index (Phi) is 6.02. The summed E-state index contributed by atoms with van der Waals surface area (Å²) in [7, 11) is 0. The summed E-state index contributed by atoms with van der Waals surface area (Å²) in [4.78, 5) is 23.7. The topological polar surface area (TPSA) is 114 Å². The molecular weight excluding hydrogens is 334 g/mol. The van der Waals surface area contributed by atoms with Crippen LogP contribution in [0.3, 0.4) is 0 Å². The Morgan fingerprint density at radius 2 is 1.96 bits per heavy atom. The molecule has 2 rings (SSSR count). The highest BCUT2D eigenvalue weighted by molar-refractivity contribution is 5.93. The van der Waals surface area contributed by atoms with Gasteiger partial charge in [-0.05, 0) is 24.6 Å². The second-order valence-corrected chi connectivity index (χ2v) is 5.64. The molecule has 1 aliphatic rings. The summed E-state index contributed by atoms with van der Waals surface area (Å²) < 4.78 is 10.7. The van der Waals surface area contributed by atoms with E-state index in [1.165, 1.54) is 6.92 Å². The monoisotopic (exact) mass is 355 g/mol. The van der Waals surface area contributed by atoms with E-state index in [0.29, 0.717) is 23.4 Å². The number of benzene rings is 1. The third-order valence-corrected chi connectivity index (χ3v) is 3.88. The Morgan fingerprint density at radius 1 is 1.31 bits per heavy atom. The summed E-state index contributed by atoms with van der Waals surface area (Å²) in [5, 5.41) is 12.2. The van der Waals surface area contributed by atoms with Gasteiger partial charge >= 0.3 is 5.97 Å². The zero-order valence-corrected chi connectivity index (χ0v) is 15.0. The number of nitriles is 1. The Balaban J connectivity index is 2.55. The summed E-state index contributed by atoms with van der Waals surface area (Å²) >= 11 is 0. The largest absolute Gasteiger partial charge is 0.463 e. The summed E-state index contributed by atoms with van der Waals surface area (Å²) in [6.07, 6.45) is 0.425. The van der Waals surface area contributed by atoms with E-state index in [4.69, 9.17) is 15.2 Å². The number of hydrogen-bond donors (Lipinski definition) is 2. The van der Waals surface area contributed by atoms with E-state index in [0.717, 1.165) is 0 Å². The molecule has 1 atom stereocenters. The van der Waals surface area contributed by atoms with Crippen LogP contribution in [0.15, 0.2) is 47.1 Å². The molecule has 0 saturated carbocycles. The quantitative estimate of drug-likeness (QED) is 0.785. The molecule has 7 heteroatoms. The Labute approximate surface area is 152 Å². The minimum Gasteiger partial charge on any atom is -0.463 e. The average molecular weight is 355 g/mol. The van der Waals surface area contributed by atoms with Crippen LogP contribution in [0.2, 0.25) is 0 Å². The lowest BCUT2D eigenvalue weighted by atomic mass is 9.82. The third kappa shape index (κ3) is 3.86. The molecule has 3 N–H and O–H groups in total. The van der Waals surface area contributed by atoms with Gasteiger partial charge in [0, 0.05) is 19.0 Å². The van der Waals surface area contributed by atoms with Crippen LogP contribution >= 0.6 is 0 Å². The molecule has 1 aliphatic heterocycles. The number of hydrogen-bond acceptors (Lipinski definition) is 6. The zero-order valence-electron chi connectivity index (χ0n) is 15.0. The molecule has 0 radical (unpaired) electrons. The number of allylic oxidation sites excluding steroid dienone is 2. The van der Waals surface area contributed by atoms with Gasteiger partial charge in [0.1, 0.15) is 17.4 Å². The normalized spacial score (nSPS) is 16.6. The molecule has 0 spiro atoms. The average Bonchev–Trinajstić information content (AvgIpc) is 2.61. The number of nitrogens with two attached hydrogens (primary N) is 1. The number of nitrogens with one attached hydrogen (secondary N) is 1. The van der Waals surface area contributed by atoms with Crippen molar-refractivity contribution in [2.45, 2.75) is 33.1 Å². The maximum Gasteiger partial charge on any atom is 0.338 e. The number of ether oxygens (including phenoxy) is 2. The number of rotatable bonds is 5. The molecule has 0 aromatic heterocycles. The highest BCUT2D eigenvalue weighted by Gasteiger charge is 2.36. The molecular formula is C19H21N3O4. The maximum atomic E-state index is 12.5. The van der Waals surface area contributed by atoms with Gasteiger partial charge in [-0.15, -0.1) is 0 Å². The molecule has 1 heterocycles. The van der Waals surface area contributed by atoms with Crippen molar-refractivity contribution in [2.24, 2.45) is 5.73 Å². The maximum absolute atomic E-state index is 12.5. The van der Waals surface area contributed by atoms with Gasteiger partial charge < -0.3 is 20.5 Å².